The summed E-state index contributed by atoms with van der Waals surface area (Å²) < 4.78 is 16.6. The topological polar surface area (TPSA) is 72.2 Å². The molecule has 0 saturated heterocycles. The fourth-order valence-electron chi connectivity index (χ4n) is 3.96. The number of nitrogens with zero attached hydrogens (tertiary/aromatic N) is 2. The van der Waals surface area contributed by atoms with E-state index in [0.29, 0.717) is 31.1 Å². The molecule has 2 heterocycles. The summed E-state index contributed by atoms with van der Waals surface area (Å²) in [6.07, 6.45) is 3.78. The van der Waals surface area contributed by atoms with Crippen molar-refractivity contribution >= 4 is 11.8 Å². The highest BCUT2D eigenvalue weighted by atomic mass is 16.7. The van der Waals surface area contributed by atoms with Crippen molar-refractivity contribution in [2.24, 2.45) is 5.92 Å². The summed E-state index contributed by atoms with van der Waals surface area (Å²) in [5, 5.41) is 0. The third-order valence-corrected chi connectivity index (χ3v) is 5.89. The summed E-state index contributed by atoms with van der Waals surface area (Å²) >= 11 is 0. The van der Waals surface area contributed by atoms with Gasteiger partial charge in [-0.3, -0.25) is 9.59 Å². The first-order valence-electron chi connectivity index (χ1n) is 11.0. The van der Waals surface area contributed by atoms with Gasteiger partial charge in [-0.15, -0.1) is 0 Å². The van der Waals surface area contributed by atoms with Gasteiger partial charge >= 0.3 is 0 Å². The van der Waals surface area contributed by atoms with Crippen LogP contribution in [0, 0.1) is 12.8 Å². The summed E-state index contributed by atoms with van der Waals surface area (Å²) in [6, 6.07) is 9.48. The fourth-order valence-corrected chi connectivity index (χ4v) is 3.96. The summed E-state index contributed by atoms with van der Waals surface area (Å²) in [6.45, 7) is 5.55. The largest absolute Gasteiger partial charge is 0.464 e. The maximum Gasteiger partial charge on any atom is 0.242 e. The van der Waals surface area contributed by atoms with Gasteiger partial charge in [-0.1, -0.05) is 19.4 Å². The van der Waals surface area contributed by atoms with Crippen LogP contribution in [-0.4, -0.2) is 41.5 Å². The Morgan fingerprint density at radius 1 is 1.03 bits per heavy atom. The zero-order chi connectivity index (χ0) is 21.8. The number of furan rings is 1. The van der Waals surface area contributed by atoms with Crippen LogP contribution in [0.1, 0.15) is 49.7 Å². The summed E-state index contributed by atoms with van der Waals surface area (Å²) in [7, 11) is 0. The highest BCUT2D eigenvalue weighted by Gasteiger charge is 2.31. The van der Waals surface area contributed by atoms with Crippen molar-refractivity contribution in [3.05, 3.63) is 47.4 Å². The molecule has 166 valence electrons. The Bertz CT molecular complexity index is 934. The van der Waals surface area contributed by atoms with Gasteiger partial charge < -0.3 is 23.7 Å². The lowest BCUT2D eigenvalue weighted by atomic mass is 9.84. The van der Waals surface area contributed by atoms with Gasteiger partial charge in [0.05, 0.1) is 13.1 Å². The molecule has 1 aliphatic heterocycles. The maximum atomic E-state index is 13.3. The van der Waals surface area contributed by atoms with Gasteiger partial charge in [0.1, 0.15) is 11.5 Å². The van der Waals surface area contributed by atoms with Crippen molar-refractivity contribution in [1.82, 2.24) is 9.80 Å². The van der Waals surface area contributed by atoms with E-state index in [1.165, 1.54) is 0 Å². The molecule has 1 saturated carbocycles. The van der Waals surface area contributed by atoms with E-state index in [0.717, 1.165) is 42.8 Å². The second-order valence-corrected chi connectivity index (χ2v) is 8.34. The molecule has 1 aliphatic carbocycles. The number of aryl methyl sites for hydroxylation is 1. The molecule has 1 aromatic carbocycles. The van der Waals surface area contributed by atoms with E-state index in [9.17, 15) is 9.59 Å². The SMILES string of the molecule is CCCN(CC(=O)N(Cc1ccc2c(c1)OCO2)Cc1ccc(C)o1)C(=O)C1CCC1. The van der Waals surface area contributed by atoms with Crippen LogP contribution in [0.4, 0.5) is 0 Å². The summed E-state index contributed by atoms with van der Waals surface area (Å²) in [5.74, 6) is 3.02. The fraction of sp³-hybridized carbons (Fsp3) is 0.500. The van der Waals surface area contributed by atoms with Crippen molar-refractivity contribution in [2.45, 2.75) is 52.6 Å². The number of benzene rings is 1. The van der Waals surface area contributed by atoms with Crippen molar-refractivity contribution in [3.63, 3.8) is 0 Å². The van der Waals surface area contributed by atoms with E-state index in [2.05, 4.69) is 0 Å². The van der Waals surface area contributed by atoms with Crippen LogP contribution in [0.25, 0.3) is 0 Å². The Morgan fingerprint density at radius 2 is 1.84 bits per heavy atom. The lowest BCUT2D eigenvalue weighted by molar-refractivity contribution is -0.145. The van der Waals surface area contributed by atoms with Crippen LogP contribution in [0.5, 0.6) is 11.5 Å². The second-order valence-electron chi connectivity index (χ2n) is 8.34. The third kappa shape index (κ3) is 5.03. The second kappa shape index (κ2) is 9.45. The predicted octanol–water partition coefficient (Wildman–Crippen LogP) is 3.88. The number of amides is 2. The van der Waals surface area contributed by atoms with Crippen LogP contribution < -0.4 is 9.47 Å². The molecular weight excluding hydrogens is 396 g/mol. The highest BCUT2D eigenvalue weighted by molar-refractivity contribution is 5.86. The Labute approximate surface area is 182 Å². The van der Waals surface area contributed by atoms with E-state index in [1.807, 2.05) is 44.2 Å². The lowest BCUT2D eigenvalue weighted by Crippen LogP contribution is -2.46. The van der Waals surface area contributed by atoms with Crippen LogP contribution in [0.15, 0.2) is 34.7 Å². The van der Waals surface area contributed by atoms with E-state index < -0.39 is 0 Å². The molecule has 0 bridgehead atoms. The minimum atomic E-state index is -0.0900. The molecule has 0 N–H and O–H groups in total. The zero-order valence-corrected chi connectivity index (χ0v) is 18.3. The summed E-state index contributed by atoms with van der Waals surface area (Å²) in [5.41, 5.74) is 0.938. The number of carbonyl (C=O) groups excluding carboxylic acids is 2. The van der Waals surface area contributed by atoms with Crippen LogP contribution in [0.3, 0.4) is 0 Å². The molecule has 2 amide bonds. The zero-order valence-electron chi connectivity index (χ0n) is 18.3. The van der Waals surface area contributed by atoms with E-state index in [1.54, 1.807) is 9.80 Å². The molecule has 0 unspecified atom stereocenters. The third-order valence-electron chi connectivity index (χ3n) is 5.89. The van der Waals surface area contributed by atoms with Crippen LogP contribution >= 0.6 is 0 Å². The molecule has 1 aromatic heterocycles. The van der Waals surface area contributed by atoms with Gasteiger partial charge in [0.25, 0.3) is 0 Å². The standard InChI is InChI=1S/C24H30N2O5/c1-3-11-25(24(28)19-5-4-6-19)15-23(27)26(14-20-9-7-17(2)31-20)13-18-8-10-21-22(12-18)30-16-29-21/h7-10,12,19H,3-6,11,13-16H2,1-2H3. The molecule has 7 nitrogen and oxygen atoms in total. The monoisotopic (exact) mass is 426 g/mol. The Hall–Kier alpha value is -2.96. The minimum absolute atomic E-state index is 0.0781. The van der Waals surface area contributed by atoms with Gasteiger partial charge in [0.2, 0.25) is 18.6 Å². The van der Waals surface area contributed by atoms with E-state index in [-0.39, 0.29) is 31.1 Å². The van der Waals surface area contributed by atoms with Gasteiger partial charge in [0, 0.05) is 19.0 Å². The lowest BCUT2D eigenvalue weighted by Gasteiger charge is -2.32. The van der Waals surface area contributed by atoms with Crippen molar-refractivity contribution in [2.75, 3.05) is 19.9 Å². The molecule has 2 aromatic rings. The van der Waals surface area contributed by atoms with Crippen LogP contribution in [-0.2, 0) is 22.7 Å². The molecule has 1 fully saturated rings. The molecule has 0 radical (unpaired) electrons. The molecule has 31 heavy (non-hydrogen) atoms. The van der Waals surface area contributed by atoms with Crippen molar-refractivity contribution < 1.29 is 23.5 Å². The number of carbonyl (C=O) groups is 2. The molecule has 0 atom stereocenters. The first-order valence-corrected chi connectivity index (χ1v) is 11.0. The number of hydrogen-bond acceptors (Lipinski definition) is 5. The molecular formula is C24H30N2O5. The smallest absolute Gasteiger partial charge is 0.242 e. The predicted molar refractivity (Wildman–Crippen MR) is 114 cm³/mol. The Morgan fingerprint density at radius 3 is 2.52 bits per heavy atom. The van der Waals surface area contributed by atoms with Gasteiger partial charge in [-0.25, -0.2) is 0 Å². The van der Waals surface area contributed by atoms with E-state index >= 15 is 0 Å². The molecule has 2 aliphatic rings. The number of ether oxygens (including phenoxy) is 2. The van der Waals surface area contributed by atoms with Crippen molar-refractivity contribution in [3.8, 4) is 11.5 Å². The van der Waals surface area contributed by atoms with Gasteiger partial charge in [-0.2, -0.15) is 0 Å². The number of rotatable bonds is 9. The van der Waals surface area contributed by atoms with Crippen LogP contribution in [0.2, 0.25) is 0 Å². The average Bonchev–Trinajstić information content (AvgIpc) is 3.33. The van der Waals surface area contributed by atoms with Crippen molar-refractivity contribution in [1.29, 1.82) is 0 Å². The summed E-state index contributed by atoms with van der Waals surface area (Å²) in [4.78, 5) is 29.6. The average molecular weight is 427 g/mol. The first kappa shape index (κ1) is 21.3. The highest BCUT2D eigenvalue weighted by Crippen LogP contribution is 2.33. The molecule has 7 heteroatoms. The maximum absolute atomic E-state index is 13.3. The van der Waals surface area contributed by atoms with Gasteiger partial charge in [0.15, 0.2) is 11.5 Å². The Balaban J connectivity index is 1.50. The quantitative estimate of drug-likeness (QED) is 0.608. The number of hydrogen-bond donors (Lipinski definition) is 0. The minimum Gasteiger partial charge on any atom is -0.464 e. The normalized spacial score (nSPS) is 14.9. The molecule has 0 spiro atoms. The van der Waals surface area contributed by atoms with E-state index in [4.69, 9.17) is 13.9 Å². The number of fused-ring (bicyclic) bond motifs is 1. The molecule has 4 rings (SSSR count). The Kier molecular flexibility index (Phi) is 6.49. The first-order chi connectivity index (χ1) is 15.0. The van der Waals surface area contributed by atoms with Gasteiger partial charge in [-0.05, 0) is 56.0 Å².